The monoisotopic (exact) mass is 287 g/mol. The summed E-state index contributed by atoms with van der Waals surface area (Å²) in [6.07, 6.45) is 1.70. The molecule has 1 heterocycles. The van der Waals surface area contributed by atoms with E-state index in [0.717, 1.165) is 18.8 Å². The normalized spacial score (nSPS) is 23.1. The Morgan fingerprint density at radius 1 is 1.53 bits per heavy atom. The Kier molecular flexibility index (Phi) is 6.63. The van der Waals surface area contributed by atoms with Gasteiger partial charge in [-0.15, -0.1) is 0 Å². The number of hydrogen-bond acceptors (Lipinski definition) is 4. The molecule has 1 aliphatic heterocycles. The van der Waals surface area contributed by atoms with Crippen molar-refractivity contribution in [3.05, 3.63) is 0 Å². The average Bonchev–Trinajstić information content (AvgIpc) is 2.34. The molecule has 1 rings (SSSR count). The van der Waals surface area contributed by atoms with Crippen LogP contribution in [0.25, 0.3) is 0 Å². The lowest BCUT2D eigenvalue weighted by molar-refractivity contribution is -0.123. The molecule has 3 N–H and O–H groups in total. The van der Waals surface area contributed by atoms with Gasteiger partial charge in [0.05, 0.1) is 0 Å². The lowest BCUT2D eigenvalue weighted by Crippen LogP contribution is -2.51. The van der Waals surface area contributed by atoms with E-state index in [4.69, 9.17) is 5.73 Å². The second-order valence-electron chi connectivity index (χ2n) is 6.29. The number of carbonyl (C=O) groups is 1. The van der Waals surface area contributed by atoms with Crippen molar-refractivity contribution in [3.63, 3.8) is 0 Å². The van der Waals surface area contributed by atoms with Gasteiger partial charge in [-0.05, 0) is 27.2 Å². The molecular weight excluding hydrogens is 258 g/mol. The van der Waals surface area contributed by atoms with Gasteiger partial charge in [0.2, 0.25) is 5.91 Å². The van der Waals surface area contributed by atoms with Crippen LogP contribution in [0.1, 0.15) is 40.5 Å². The van der Waals surface area contributed by atoms with Crippen LogP contribution in [-0.2, 0) is 4.79 Å². The van der Waals surface area contributed by atoms with Crippen LogP contribution in [0.5, 0.6) is 0 Å². The van der Waals surface area contributed by atoms with Gasteiger partial charge in [-0.25, -0.2) is 0 Å². The fraction of sp³-hybridized carbons (Fsp3) is 0.929. The van der Waals surface area contributed by atoms with Crippen molar-refractivity contribution >= 4 is 17.7 Å². The molecule has 0 aliphatic carbocycles. The fourth-order valence-corrected chi connectivity index (χ4v) is 3.57. The maximum atomic E-state index is 12.0. The Hall–Kier alpha value is -0.260. The Morgan fingerprint density at radius 2 is 2.21 bits per heavy atom. The van der Waals surface area contributed by atoms with E-state index in [1.54, 1.807) is 0 Å². The lowest BCUT2D eigenvalue weighted by Gasteiger charge is -2.37. The molecule has 0 radical (unpaired) electrons. The van der Waals surface area contributed by atoms with Gasteiger partial charge in [-0.2, -0.15) is 11.8 Å². The van der Waals surface area contributed by atoms with Gasteiger partial charge in [0.25, 0.3) is 0 Å². The van der Waals surface area contributed by atoms with E-state index in [-0.39, 0.29) is 17.5 Å². The predicted molar refractivity (Wildman–Crippen MR) is 83.5 cm³/mol. The molecule has 1 saturated heterocycles. The van der Waals surface area contributed by atoms with E-state index in [1.165, 1.54) is 6.42 Å². The summed E-state index contributed by atoms with van der Waals surface area (Å²) in [6, 6.07) is 0.178. The van der Waals surface area contributed by atoms with E-state index in [0.29, 0.717) is 18.2 Å². The van der Waals surface area contributed by atoms with Crippen LogP contribution in [0.3, 0.4) is 0 Å². The highest BCUT2D eigenvalue weighted by Crippen LogP contribution is 2.23. The minimum absolute atomic E-state index is 0.106. The summed E-state index contributed by atoms with van der Waals surface area (Å²) in [5, 5.41) is 3.71. The second-order valence-corrected chi connectivity index (χ2v) is 7.70. The van der Waals surface area contributed by atoms with Gasteiger partial charge in [-0.1, -0.05) is 6.92 Å². The van der Waals surface area contributed by atoms with Crippen LogP contribution in [0, 0.1) is 0 Å². The van der Waals surface area contributed by atoms with Gasteiger partial charge < -0.3 is 11.1 Å². The molecule has 2 atom stereocenters. The zero-order valence-electron chi connectivity index (χ0n) is 12.7. The molecular formula is C14H29N3OS. The van der Waals surface area contributed by atoms with Crippen LogP contribution in [0.2, 0.25) is 0 Å². The molecule has 0 spiro atoms. The molecule has 0 aromatic carbocycles. The Labute approximate surface area is 121 Å². The Bertz CT molecular complexity index is 291. The third kappa shape index (κ3) is 6.15. The summed E-state index contributed by atoms with van der Waals surface area (Å²) in [7, 11) is 0. The molecule has 19 heavy (non-hydrogen) atoms. The smallest absolute Gasteiger partial charge is 0.222 e. The maximum absolute atomic E-state index is 12.0. The predicted octanol–water partition coefficient (Wildman–Crippen LogP) is 1.45. The molecule has 112 valence electrons. The van der Waals surface area contributed by atoms with Gasteiger partial charge in [0.15, 0.2) is 0 Å². The highest BCUT2D eigenvalue weighted by molar-refractivity contribution is 8.00. The first-order valence-corrected chi connectivity index (χ1v) is 8.27. The van der Waals surface area contributed by atoms with Crippen LogP contribution >= 0.6 is 11.8 Å². The molecule has 2 unspecified atom stereocenters. The van der Waals surface area contributed by atoms with E-state index < -0.39 is 0 Å². The van der Waals surface area contributed by atoms with Crippen LogP contribution in [0.4, 0.5) is 0 Å². The SMILES string of the molecule is CCC1CN(C(CN)CC(=O)NC(C)(C)C)CCS1. The standard InChI is InChI=1S/C14H29N3OS/c1-5-12-10-17(6-7-19-12)11(9-15)8-13(18)16-14(2,3)4/h11-12H,5-10,15H2,1-4H3,(H,16,18). The third-order valence-electron chi connectivity index (χ3n) is 3.35. The highest BCUT2D eigenvalue weighted by atomic mass is 32.2. The maximum Gasteiger partial charge on any atom is 0.222 e. The van der Waals surface area contributed by atoms with Crippen molar-refractivity contribution in [1.29, 1.82) is 0 Å². The number of nitrogens with zero attached hydrogens (tertiary/aromatic N) is 1. The summed E-state index contributed by atoms with van der Waals surface area (Å²) in [6.45, 7) is 10.9. The summed E-state index contributed by atoms with van der Waals surface area (Å²) < 4.78 is 0. The van der Waals surface area contributed by atoms with Crippen LogP contribution < -0.4 is 11.1 Å². The minimum Gasteiger partial charge on any atom is -0.351 e. The van der Waals surface area contributed by atoms with E-state index in [9.17, 15) is 4.79 Å². The molecule has 4 nitrogen and oxygen atoms in total. The zero-order valence-corrected chi connectivity index (χ0v) is 13.6. The number of thioether (sulfide) groups is 1. The largest absolute Gasteiger partial charge is 0.351 e. The van der Waals surface area contributed by atoms with Crippen molar-refractivity contribution in [3.8, 4) is 0 Å². The second kappa shape index (κ2) is 7.50. The van der Waals surface area contributed by atoms with E-state index >= 15 is 0 Å². The van der Waals surface area contributed by atoms with Crippen molar-refractivity contribution < 1.29 is 4.79 Å². The third-order valence-corrected chi connectivity index (χ3v) is 4.72. The van der Waals surface area contributed by atoms with Gasteiger partial charge >= 0.3 is 0 Å². The molecule has 0 aromatic rings. The Morgan fingerprint density at radius 3 is 2.74 bits per heavy atom. The van der Waals surface area contributed by atoms with Crippen molar-refractivity contribution in [2.45, 2.75) is 57.4 Å². The fourth-order valence-electron chi connectivity index (χ4n) is 2.37. The molecule has 0 aromatic heterocycles. The van der Waals surface area contributed by atoms with Crippen LogP contribution in [0.15, 0.2) is 0 Å². The van der Waals surface area contributed by atoms with Gasteiger partial charge in [0.1, 0.15) is 0 Å². The van der Waals surface area contributed by atoms with Gasteiger partial charge in [0, 0.05) is 48.6 Å². The first-order valence-electron chi connectivity index (χ1n) is 7.22. The molecule has 0 saturated carbocycles. The molecule has 1 fully saturated rings. The number of hydrogen-bond donors (Lipinski definition) is 2. The summed E-state index contributed by atoms with van der Waals surface area (Å²) in [5.74, 6) is 1.25. The summed E-state index contributed by atoms with van der Waals surface area (Å²) in [4.78, 5) is 14.4. The van der Waals surface area contributed by atoms with Crippen molar-refractivity contribution in [2.75, 3.05) is 25.4 Å². The molecule has 1 amide bonds. The molecule has 0 bridgehead atoms. The van der Waals surface area contributed by atoms with Crippen LogP contribution in [-0.4, -0.2) is 53.0 Å². The quantitative estimate of drug-likeness (QED) is 0.803. The summed E-state index contributed by atoms with van der Waals surface area (Å²) in [5.41, 5.74) is 5.71. The first-order chi connectivity index (χ1) is 8.85. The van der Waals surface area contributed by atoms with Gasteiger partial charge in [-0.3, -0.25) is 9.69 Å². The Balaban J connectivity index is 2.50. The number of rotatable bonds is 5. The topological polar surface area (TPSA) is 58.4 Å². The number of carbonyl (C=O) groups excluding carboxylic acids is 1. The number of nitrogens with two attached hydrogens (primary N) is 1. The van der Waals surface area contributed by atoms with E-state index in [1.807, 2.05) is 32.5 Å². The lowest BCUT2D eigenvalue weighted by atomic mass is 10.1. The highest BCUT2D eigenvalue weighted by Gasteiger charge is 2.27. The number of nitrogens with one attached hydrogen (secondary N) is 1. The minimum atomic E-state index is -0.167. The van der Waals surface area contributed by atoms with Crippen molar-refractivity contribution in [1.82, 2.24) is 10.2 Å². The molecule has 1 aliphatic rings. The first kappa shape index (κ1) is 16.8. The summed E-state index contributed by atoms with van der Waals surface area (Å²) >= 11 is 2.04. The zero-order chi connectivity index (χ0) is 14.5. The van der Waals surface area contributed by atoms with E-state index in [2.05, 4.69) is 17.1 Å². The number of amides is 1. The average molecular weight is 287 g/mol. The van der Waals surface area contributed by atoms with Crippen molar-refractivity contribution in [2.24, 2.45) is 5.73 Å². The molecule has 5 heteroatoms.